The molecule has 1 saturated heterocycles. The van der Waals surface area contributed by atoms with Gasteiger partial charge < -0.3 is 5.32 Å². The molecule has 0 saturated carbocycles. The van der Waals surface area contributed by atoms with Crippen LogP contribution in [0.4, 0.5) is 0 Å². The number of carbonyl (C=O) groups is 1. The topological polar surface area (TPSA) is 50.2 Å². The van der Waals surface area contributed by atoms with Crippen LogP contribution in [0, 0.1) is 0 Å². The molecule has 1 aliphatic heterocycles. The Labute approximate surface area is 98.7 Å². The molecule has 0 bridgehead atoms. The van der Waals surface area contributed by atoms with Gasteiger partial charge in [-0.25, -0.2) is 0 Å². The number of carbonyl (C=O) groups excluding carboxylic acids is 1. The summed E-state index contributed by atoms with van der Waals surface area (Å²) in [6.07, 6.45) is 3.52. The van der Waals surface area contributed by atoms with Crippen LogP contribution in [0.25, 0.3) is 6.08 Å². The highest BCUT2D eigenvalue weighted by Gasteiger charge is 2.29. The van der Waals surface area contributed by atoms with Crippen LogP contribution in [0.1, 0.15) is 12.6 Å². The fourth-order valence-electron chi connectivity index (χ4n) is 1.52. The number of amides is 1. The Hall–Kier alpha value is -1.69. The van der Waals surface area contributed by atoms with Crippen molar-refractivity contribution in [2.45, 2.75) is 6.92 Å². The van der Waals surface area contributed by atoms with Crippen molar-refractivity contribution in [2.24, 2.45) is 7.05 Å². The predicted octanol–water partition coefficient (Wildman–Crippen LogP) is 0.498. The van der Waals surface area contributed by atoms with Gasteiger partial charge in [0.25, 0.3) is 5.91 Å². The lowest BCUT2D eigenvalue weighted by Crippen LogP contribution is -2.30. The summed E-state index contributed by atoms with van der Waals surface area (Å²) < 4.78 is 1.68. The van der Waals surface area contributed by atoms with Crippen LogP contribution in [0.15, 0.2) is 18.0 Å². The fourth-order valence-corrected chi connectivity index (χ4v) is 1.84. The first-order valence-electron chi connectivity index (χ1n) is 4.96. The summed E-state index contributed by atoms with van der Waals surface area (Å²) in [4.78, 5) is 13.3. The lowest BCUT2D eigenvalue weighted by molar-refractivity contribution is -0.122. The summed E-state index contributed by atoms with van der Waals surface area (Å²) in [5.41, 5.74) is 1.21. The first-order chi connectivity index (χ1) is 7.61. The molecule has 0 spiro atoms. The molecule has 6 heteroatoms. The first-order valence-corrected chi connectivity index (χ1v) is 5.37. The molecule has 84 valence electrons. The molecular weight excluding hydrogens is 224 g/mol. The maximum absolute atomic E-state index is 11.8. The quantitative estimate of drug-likeness (QED) is 0.600. The average molecular weight is 236 g/mol. The number of nitrogens with zero attached hydrogens (tertiary/aromatic N) is 3. The average Bonchev–Trinajstić information content (AvgIpc) is 2.74. The summed E-state index contributed by atoms with van der Waals surface area (Å²) >= 11 is 5.04. The maximum atomic E-state index is 11.8. The van der Waals surface area contributed by atoms with Gasteiger partial charge in [-0.2, -0.15) is 5.10 Å². The summed E-state index contributed by atoms with van der Waals surface area (Å²) in [5, 5.41) is 7.51. The minimum Gasteiger partial charge on any atom is -0.328 e. The van der Waals surface area contributed by atoms with Crippen LogP contribution in [-0.4, -0.2) is 32.2 Å². The van der Waals surface area contributed by atoms with E-state index >= 15 is 0 Å². The van der Waals surface area contributed by atoms with E-state index < -0.39 is 0 Å². The van der Waals surface area contributed by atoms with E-state index in [0.717, 1.165) is 5.69 Å². The fraction of sp³-hybridized carbons (Fsp3) is 0.300. The van der Waals surface area contributed by atoms with Crippen molar-refractivity contribution in [1.82, 2.24) is 20.0 Å². The molecule has 2 rings (SSSR count). The summed E-state index contributed by atoms with van der Waals surface area (Å²) in [5.74, 6) is -0.0989. The van der Waals surface area contributed by atoms with E-state index in [0.29, 0.717) is 17.4 Å². The second kappa shape index (κ2) is 4.05. The number of hydrogen-bond acceptors (Lipinski definition) is 3. The number of hydrogen-bond donors (Lipinski definition) is 1. The second-order valence-electron chi connectivity index (χ2n) is 3.45. The molecule has 0 aliphatic carbocycles. The molecule has 1 N–H and O–H groups in total. The van der Waals surface area contributed by atoms with Gasteiger partial charge in [-0.3, -0.25) is 14.4 Å². The van der Waals surface area contributed by atoms with Crippen molar-refractivity contribution in [3.8, 4) is 0 Å². The Bertz CT molecular complexity index is 477. The Morgan fingerprint density at radius 2 is 2.38 bits per heavy atom. The van der Waals surface area contributed by atoms with Crippen LogP contribution in [0.3, 0.4) is 0 Å². The molecule has 1 fully saturated rings. The highest BCUT2D eigenvalue weighted by Crippen LogP contribution is 2.12. The van der Waals surface area contributed by atoms with E-state index in [4.69, 9.17) is 12.2 Å². The second-order valence-corrected chi connectivity index (χ2v) is 3.84. The van der Waals surface area contributed by atoms with Crippen LogP contribution >= 0.6 is 12.2 Å². The van der Waals surface area contributed by atoms with E-state index in [1.54, 1.807) is 10.8 Å². The standard InChI is InChI=1S/C10H12N4OS/c1-3-14-9(15)8(11-10(14)16)6-7-4-5-13(2)12-7/h4-6H,3H2,1-2H3,(H,11,16). The highest BCUT2D eigenvalue weighted by atomic mass is 32.1. The molecule has 5 nitrogen and oxygen atoms in total. The van der Waals surface area contributed by atoms with Gasteiger partial charge in [0.2, 0.25) is 0 Å². The van der Waals surface area contributed by atoms with E-state index in [2.05, 4.69) is 10.4 Å². The molecule has 1 aromatic rings. The maximum Gasteiger partial charge on any atom is 0.276 e. The van der Waals surface area contributed by atoms with E-state index in [1.807, 2.05) is 26.2 Å². The number of likely N-dealkylation sites (N-methyl/N-ethyl adjacent to an activating group) is 1. The Kier molecular flexibility index (Phi) is 2.74. The molecule has 0 radical (unpaired) electrons. The molecule has 1 amide bonds. The first kappa shape index (κ1) is 10.8. The monoisotopic (exact) mass is 236 g/mol. The van der Waals surface area contributed by atoms with Crippen molar-refractivity contribution in [1.29, 1.82) is 0 Å². The van der Waals surface area contributed by atoms with Gasteiger partial charge in [0.1, 0.15) is 5.70 Å². The minimum absolute atomic E-state index is 0.0989. The van der Waals surface area contributed by atoms with Crippen molar-refractivity contribution in [3.63, 3.8) is 0 Å². The molecular formula is C10H12N4OS. The third-order valence-electron chi connectivity index (χ3n) is 2.31. The van der Waals surface area contributed by atoms with Crippen LogP contribution < -0.4 is 5.32 Å². The van der Waals surface area contributed by atoms with Crippen molar-refractivity contribution in [2.75, 3.05) is 6.54 Å². The Balaban J connectivity index is 2.27. The minimum atomic E-state index is -0.0989. The van der Waals surface area contributed by atoms with Crippen LogP contribution in [-0.2, 0) is 11.8 Å². The largest absolute Gasteiger partial charge is 0.328 e. The lowest BCUT2D eigenvalue weighted by atomic mass is 10.3. The lowest BCUT2D eigenvalue weighted by Gasteiger charge is -2.08. The molecule has 2 heterocycles. The number of aryl methyl sites for hydroxylation is 1. The zero-order valence-corrected chi connectivity index (χ0v) is 9.91. The third-order valence-corrected chi connectivity index (χ3v) is 2.63. The zero-order valence-electron chi connectivity index (χ0n) is 9.10. The molecule has 0 unspecified atom stereocenters. The van der Waals surface area contributed by atoms with Crippen molar-refractivity contribution >= 4 is 29.3 Å². The normalized spacial score (nSPS) is 18.4. The number of rotatable bonds is 2. The van der Waals surface area contributed by atoms with Crippen LogP contribution in [0.2, 0.25) is 0 Å². The van der Waals surface area contributed by atoms with Gasteiger partial charge in [-0.1, -0.05) is 0 Å². The van der Waals surface area contributed by atoms with Gasteiger partial charge in [0.05, 0.1) is 5.69 Å². The summed E-state index contributed by atoms with van der Waals surface area (Å²) in [7, 11) is 1.83. The number of aromatic nitrogens is 2. The SMILES string of the molecule is CCN1C(=O)C(=Cc2ccn(C)n2)NC1=S. The zero-order chi connectivity index (χ0) is 11.7. The van der Waals surface area contributed by atoms with E-state index in [9.17, 15) is 4.79 Å². The van der Waals surface area contributed by atoms with Gasteiger partial charge in [0, 0.05) is 19.8 Å². The van der Waals surface area contributed by atoms with Gasteiger partial charge in [0.15, 0.2) is 5.11 Å². The molecule has 1 aliphatic rings. The van der Waals surface area contributed by atoms with E-state index in [-0.39, 0.29) is 5.91 Å². The number of nitrogens with one attached hydrogen (secondary N) is 1. The molecule has 0 aromatic carbocycles. The third kappa shape index (κ3) is 1.83. The Morgan fingerprint density at radius 3 is 2.88 bits per heavy atom. The summed E-state index contributed by atoms with van der Waals surface area (Å²) in [6.45, 7) is 2.46. The van der Waals surface area contributed by atoms with Crippen molar-refractivity contribution in [3.05, 3.63) is 23.7 Å². The van der Waals surface area contributed by atoms with Gasteiger partial charge in [-0.15, -0.1) is 0 Å². The number of thiocarbonyl (C=S) groups is 1. The summed E-state index contributed by atoms with van der Waals surface area (Å²) in [6, 6.07) is 1.83. The van der Waals surface area contributed by atoms with Gasteiger partial charge >= 0.3 is 0 Å². The Morgan fingerprint density at radius 1 is 1.62 bits per heavy atom. The van der Waals surface area contributed by atoms with Crippen molar-refractivity contribution < 1.29 is 4.79 Å². The van der Waals surface area contributed by atoms with Gasteiger partial charge in [-0.05, 0) is 31.3 Å². The van der Waals surface area contributed by atoms with E-state index in [1.165, 1.54) is 4.90 Å². The van der Waals surface area contributed by atoms with Crippen LogP contribution in [0.5, 0.6) is 0 Å². The highest BCUT2D eigenvalue weighted by molar-refractivity contribution is 7.80. The molecule has 16 heavy (non-hydrogen) atoms. The smallest absolute Gasteiger partial charge is 0.276 e. The predicted molar refractivity (Wildman–Crippen MR) is 64.3 cm³/mol. The molecule has 1 aromatic heterocycles. The molecule has 0 atom stereocenters.